The van der Waals surface area contributed by atoms with Gasteiger partial charge in [0.25, 0.3) is 10.0 Å². The molecule has 1 aromatic rings. The monoisotopic (exact) mass is 461 g/mol. The van der Waals surface area contributed by atoms with Crippen molar-refractivity contribution in [2.24, 2.45) is 11.8 Å². The molecule has 2 fully saturated rings. The van der Waals surface area contributed by atoms with Crippen molar-refractivity contribution < 1.29 is 13.2 Å². The van der Waals surface area contributed by atoms with Gasteiger partial charge in [0.1, 0.15) is 4.21 Å². The number of halogens is 1. The van der Waals surface area contributed by atoms with Crippen molar-refractivity contribution in [3.63, 3.8) is 0 Å². The SMILES string of the molecule is C[C@H]1CCCN(CCCNC(=O)CC2CCN(S(=O)(=O)c3ccc(Cl)s3)CC2)C1. The Morgan fingerprint density at radius 1 is 1.24 bits per heavy atom. The highest BCUT2D eigenvalue weighted by molar-refractivity contribution is 7.91. The minimum atomic E-state index is -3.46. The van der Waals surface area contributed by atoms with E-state index in [1.54, 1.807) is 12.1 Å². The van der Waals surface area contributed by atoms with Gasteiger partial charge in [0, 0.05) is 32.6 Å². The summed E-state index contributed by atoms with van der Waals surface area (Å²) in [4.78, 5) is 14.7. The van der Waals surface area contributed by atoms with Gasteiger partial charge in [-0.2, -0.15) is 4.31 Å². The summed E-state index contributed by atoms with van der Waals surface area (Å²) in [5.41, 5.74) is 0. The molecule has 2 saturated heterocycles. The number of rotatable bonds is 8. The van der Waals surface area contributed by atoms with Crippen LogP contribution in [-0.4, -0.2) is 62.8 Å². The van der Waals surface area contributed by atoms with Gasteiger partial charge in [0.15, 0.2) is 0 Å². The molecule has 3 heterocycles. The Hall–Kier alpha value is -0.670. The molecule has 0 aromatic carbocycles. The predicted octanol–water partition coefficient (Wildman–Crippen LogP) is 3.43. The van der Waals surface area contributed by atoms with Gasteiger partial charge in [0.05, 0.1) is 4.34 Å². The van der Waals surface area contributed by atoms with Crippen LogP contribution in [0.25, 0.3) is 0 Å². The number of carbonyl (C=O) groups excluding carboxylic acids is 1. The van der Waals surface area contributed by atoms with E-state index in [9.17, 15) is 13.2 Å². The molecule has 1 atom stereocenters. The molecule has 0 spiro atoms. The van der Waals surface area contributed by atoms with E-state index in [0.29, 0.717) is 28.1 Å². The Bertz CT molecular complexity index is 776. The first-order chi connectivity index (χ1) is 13.8. The van der Waals surface area contributed by atoms with Crippen molar-refractivity contribution in [3.05, 3.63) is 16.5 Å². The number of thiophene rings is 1. The molecule has 2 aliphatic rings. The summed E-state index contributed by atoms with van der Waals surface area (Å²) in [7, 11) is -3.46. The first kappa shape index (κ1) is 23.0. The van der Waals surface area contributed by atoms with E-state index in [0.717, 1.165) is 49.6 Å². The highest BCUT2D eigenvalue weighted by Crippen LogP contribution is 2.31. The van der Waals surface area contributed by atoms with Gasteiger partial charge in [-0.15, -0.1) is 11.3 Å². The maximum Gasteiger partial charge on any atom is 0.252 e. The predicted molar refractivity (Wildman–Crippen MR) is 118 cm³/mol. The fraction of sp³-hybridized carbons (Fsp3) is 0.750. The molecule has 0 bridgehead atoms. The minimum Gasteiger partial charge on any atom is -0.356 e. The first-order valence-corrected chi connectivity index (χ1v) is 13.2. The zero-order chi connectivity index (χ0) is 20.9. The Morgan fingerprint density at radius 3 is 2.66 bits per heavy atom. The van der Waals surface area contributed by atoms with Crippen LogP contribution in [0.4, 0.5) is 0 Å². The number of sulfonamides is 1. The Labute approximate surface area is 183 Å². The van der Waals surface area contributed by atoms with E-state index in [4.69, 9.17) is 11.6 Å². The average Bonchev–Trinajstić information content (AvgIpc) is 3.13. The molecular formula is C20H32ClN3O3S2. The standard InChI is InChI=1S/C20H32ClN3O3S2/c1-16-4-2-10-23(15-16)11-3-9-22-19(25)14-17-7-12-24(13-8-17)29(26,27)20-6-5-18(21)28-20/h5-6,16-17H,2-4,7-15H2,1H3,(H,22,25)/t16-/m0/s1. The molecule has 3 rings (SSSR count). The van der Waals surface area contributed by atoms with Crippen LogP contribution in [0.15, 0.2) is 16.3 Å². The summed E-state index contributed by atoms with van der Waals surface area (Å²) >= 11 is 6.97. The number of hydrogen-bond acceptors (Lipinski definition) is 5. The van der Waals surface area contributed by atoms with Gasteiger partial charge in [-0.1, -0.05) is 18.5 Å². The summed E-state index contributed by atoms with van der Waals surface area (Å²) < 4.78 is 27.6. The number of piperidine rings is 2. The van der Waals surface area contributed by atoms with Crippen molar-refractivity contribution in [3.8, 4) is 0 Å². The number of carbonyl (C=O) groups is 1. The number of likely N-dealkylation sites (tertiary alicyclic amines) is 1. The zero-order valence-electron chi connectivity index (χ0n) is 17.1. The van der Waals surface area contributed by atoms with Crippen LogP contribution in [0.2, 0.25) is 4.34 Å². The van der Waals surface area contributed by atoms with Crippen LogP contribution in [0.1, 0.15) is 45.4 Å². The second-order valence-electron chi connectivity index (χ2n) is 8.36. The van der Waals surface area contributed by atoms with E-state index >= 15 is 0 Å². The molecule has 6 nitrogen and oxygen atoms in total. The van der Waals surface area contributed by atoms with Crippen molar-refractivity contribution in [1.82, 2.24) is 14.5 Å². The van der Waals surface area contributed by atoms with Gasteiger partial charge < -0.3 is 10.2 Å². The van der Waals surface area contributed by atoms with E-state index in [2.05, 4.69) is 17.1 Å². The maximum absolute atomic E-state index is 12.6. The molecule has 0 unspecified atom stereocenters. The second kappa shape index (κ2) is 10.6. The van der Waals surface area contributed by atoms with E-state index in [-0.39, 0.29) is 11.8 Å². The molecular weight excluding hydrogens is 430 g/mol. The number of nitrogens with one attached hydrogen (secondary N) is 1. The molecule has 164 valence electrons. The summed E-state index contributed by atoms with van der Waals surface area (Å²) in [6.45, 7) is 7.35. The lowest BCUT2D eigenvalue weighted by Gasteiger charge is -2.31. The van der Waals surface area contributed by atoms with Gasteiger partial charge in [-0.25, -0.2) is 8.42 Å². The second-order valence-corrected chi connectivity index (χ2v) is 12.2. The lowest BCUT2D eigenvalue weighted by atomic mass is 9.94. The highest BCUT2D eigenvalue weighted by atomic mass is 35.5. The van der Waals surface area contributed by atoms with Gasteiger partial charge >= 0.3 is 0 Å². The Kier molecular flexibility index (Phi) is 8.39. The minimum absolute atomic E-state index is 0.0864. The van der Waals surface area contributed by atoms with E-state index in [1.807, 2.05) is 0 Å². The number of nitrogens with zero attached hydrogens (tertiary/aromatic N) is 2. The molecule has 0 radical (unpaired) electrons. The van der Waals surface area contributed by atoms with Crippen molar-refractivity contribution in [1.29, 1.82) is 0 Å². The summed E-state index contributed by atoms with van der Waals surface area (Å²) in [6.07, 6.45) is 5.52. The quantitative estimate of drug-likeness (QED) is 0.602. The van der Waals surface area contributed by atoms with Crippen molar-refractivity contribution in [2.75, 3.05) is 39.3 Å². The lowest BCUT2D eigenvalue weighted by molar-refractivity contribution is -0.122. The number of hydrogen-bond donors (Lipinski definition) is 1. The summed E-state index contributed by atoms with van der Waals surface area (Å²) in [5.74, 6) is 1.12. The molecule has 1 aromatic heterocycles. The van der Waals surface area contributed by atoms with Crippen LogP contribution in [0.3, 0.4) is 0 Å². The van der Waals surface area contributed by atoms with Crippen molar-refractivity contribution in [2.45, 2.75) is 49.7 Å². The average molecular weight is 462 g/mol. The van der Waals surface area contributed by atoms with Gasteiger partial charge in [-0.3, -0.25) is 4.79 Å². The van der Waals surface area contributed by atoms with Gasteiger partial charge in [-0.05, 0) is 69.2 Å². The third kappa shape index (κ3) is 6.66. The maximum atomic E-state index is 12.6. The van der Waals surface area contributed by atoms with Crippen LogP contribution < -0.4 is 5.32 Å². The molecule has 0 saturated carbocycles. The third-order valence-electron chi connectivity index (χ3n) is 5.90. The fourth-order valence-electron chi connectivity index (χ4n) is 4.27. The smallest absolute Gasteiger partial charge is 0.252 e. The molecule has 9 heteroatoms. The Morgan fingerprint density at radius 2 is 2.00 bits per heavy atom. The Balaban J connectivity index is 1.33. The molecule has 1 amide bonds. The molecule has 0 aliphatic carbocycles. The fourth-order valence-corrected chi connectivity index (χ4v) is 7.38. The van der Waals surface area contributed by atoms with Crippen LogP contribution in [0.5, 0.6) is 0 Å². The molecule has 1 N–H and O–H groups in total. The van der Waals surface area contributed by atoms with E-state index < -0.39 is 10.0 Å². The normalized spacial score (nSPS) is 22.6. The largest absolute Gasteiger partial charge is 0.356 e. The highest BCUT2D eigenvalue weighted by Gasteiger charge is 2.31. The zero-order valence-corrected chi connectivity index (χ0v) is 19.5. The van der Waals surface area contributed by atoms with Gasteiger partial charge in [0.2, 0.25) is 5.91 Å². The molecule has 2 aliphatic heterocycles. The van der Waals surface area contributed by atoms with Crippen LogP contribution in [0, 0.1) is 11.8 Å². The summed E-state index contributed by atoms with van der Waals surface area (Å²) in [5, 5.41) is 3.04. The van der Waals surface area contributed by atoms with Crippen LogP contribution >= 0.6 is 22.9 Å². The molecule has 29 heavy (non-hydrogen) atoms. The van der Waals surface area contributed by atoms with Crippen LogP contribution in [-0.2, 0) is 14.8 Å². The summed E-state index contributed by atoms with van der Waals surface area (Å²) in [6, 6.07) is 3.18. The van der Waals surface area contributed by atoms with Crippen molar-refractivity contribution >= 4 is 38.9 Å². The number of amides is 1. The first-order valence-electron chi connectivity index (χ1n) is 10.6. The third-order valence-corrected chi connectivity index (χ3v) is 9.50. The van der Waals surface area contributed by atoms with E-state index in [1.165, 1.54) is 30.2 Å². The topological polar surface area (TPSA) is 69.7 Å². The lowest BCUT2D eigenvalue weighted by Crippen LogP contribution is -2.39.